The highest BCUT2D eigenvalue weighted by molar-refractivity contribution is 6.01. The van der Waals surface area contributed by atoms with Crippen molar-refractivity contribution in [2.24, 2.45) is 23.2 Å². The van der Waals surface area contributed by atoms with Gasteiger partial charge in [0.05, 0.1) is 11.2 Å². The third kappa shape index (κ3) is 5.30. The van der Waals surface area contributed by atoms with Crippen LogP contribution in [0.3, 0.4) is 0 Å². The number of benzene rings is 1. The molecule has 5 nitrogen and oxygen atoms in total. The van der Waals surface area contributed by atoms with Gasteiger partial charge >= 0.3 is 0 Å². The number of pyridine rings is 1. The summed E-state index contributed by atoms with van der Waals surface area (Å²) in [6.45, 7) is 7.02. The summed E-state index contributed by atoms with van der Waals surface area (Å²) in [5, 5.41) is 11.1. The molecule has 0 saturated heterocycles. The minimum atomic E-state index is 0.178. The quantitative estimate of drug-likeness (QED) is 0.294. The van der Waals surface area contributed by atoms with Crippen LogP contribution in [-0.2, 0) is 4.79 Å². The van der Waals surface area contributed by atoms with Crippen LogP contribution in [0.2, 0.25) is 0 Å². The lowest BCUT2D eigenvalue weighted by Crippen LogP contribution is -2.47. The van der Waals surface area contributed by atoms with Crippen molar-refractivity contribution < 1.29 is 4.79 Å². The molecule has 6 rings (SSSR count). The van der Waals surface area contributed by atoms with Gasteiger partial charge in [0.15, 0.2) is 0 Å². The standard InChI is InChI=1S/C29H40N4O/c1-3-20(2)19-30-10-5-11-31-27-9-8-24-25(32-27)6-4-7-26(24)33-28(34)18-29-15-21-12-22(16-29)14-23(13-21)17-29/h3-4,6-9,21-23,30H,5,10-19H2,1-2H3,(H,31,32)(H,33,34)/b20-3+. The van der Waals surface area contributed by atoms with E-state index in [-0.39, 0.29) is 11.3 Å². The topological polar surface area (TPSA) is 66.0 Å². The highest BCUT2D eigenvalue weighted by Crippen LogP contribution is 2.61. The second-order valence-corrected chi connectivity index (χ2v) is 11.3. The molecule has 182 valence electrons. The summed E-state index contributed by atoms with van der Waals surface area (Å²) in [5.74, 6) is 3.69. The summed E-state index contributed by atoms with van der Waals surface area (Å²) in [7, 11) is 0. The number of rotatable bonds is 10. The normalized spacial score (nSPS) is 27.8. The summed E-state index contributed by atoms with van der Waals surface area (Å²) in [4.78, 5) is 17.9. The van der Waals surface area contributed by atoms with Gasteiger partial charge < -0.3 is 16.0 Å². The Morgan fingerprint density at radius 3 is 2.50 bits per heavy atom. The first-order valence-electron chi connectivity index (χ1n) is 13.3. The van der Waals surface area contributed by atoms with Crippen LogP contribution in [0.15, 0.2) is 42.0 Å². The molecular weight excluding hydrogens is 420 g/mol. The van der Waals surface area contributed by atoms with E-state index in [9.17, 15) is 4.79 Å². The molecule has 1 aromatic carbocycles. The van der Waals surface area contributed by atoms with Crippen LogP contribution in [0.5, 0.6) is 0 Å². The van der Waals surface area contributed by atoms with Gasteiger partial charge in [0.25, 0.3) is 0 Å². The predicted molar refractivity (Wildman–Crippen MR) is 141 cm³/mol. The van der Waals surface area contributed by atoms with Crippen LogP contribution in [0, 0.1) is 23.2 Å². The monoisotopic (exact) mass is 460 g/mol. The molecule has 0 unspecified atom stereocenters. The van der Waals surface area contributed by atoms with Crippen LogP contribution in [0.25, 0.3) is 10.9 Å². The number of carbonyl (C=O) groups is 1. The maximum absolute atomic E-state index is 13.1. The lowest BCUT2D eigenvalue weighted by Gasteiger charge is -2.56. The van der Waals surface area contributed by atoms with Crippen LogP contribution in [-0.4, -0.2) is 30.5 Å². The molecule has 1 amide bonds. The minimum absolute atomic E-state index is 0.178. The van der Waals surface area contributed by atoms with E-state index in [2.05, 4.69) is 41.9 Å². The van der Waals surface area contributed by atoms with Gasteiger partial charge in [-0.05, 0) is 113 Å². The van der Waals surface area contributed by atoms with Crippen LogP contribution in [0.4, 0.5) is 11.5 Å². The van der Waals surface area contributed by atoms with E-state index in [4.69, 9.17) is 4.98 Å². The average Bonchev–Trinajstić information content (AvgIpc) is 2.79. The number of nitrogens with zero attached hydrogens (tertiary/aromatic N) is 1. The summed E-state index contributed by atoms with van der Waals surface area (Å²) in [5.41, 5.74) is 3.43. The molecule has 4 aliphatic carbocycles. The molecule has 4 fully saturated rings. The molecule has 0 aliphatic heterocycles. The molecule has 4 bridgehead atoms. The van der Waals surface area contributed by atoms with Gasteiger partial charge in [-0.15, -0.1) is 0 Å². The summed E-state index contributed by atoms with van der Waals surface area (Å²) in [6, 6.07) is 10.1. The summed E-state index contributed by atoms with van der Waals surface area (Å²) >= 11 is 0. The maximum atomic E-state index is 13.1. The zero-order valence-electron chi connectivity index (χ0n) is 20.8. The molecule has 0 spiro atoms. The van der Waals surface area contributed by atoms with Crippen molar-refractivity contribution in [3.63, 3.8) is 0 Å². The molecule has 2 aromatic rings. The number of hydrogen-bond donors (Lipinski definition) is 3. The number of amides is 1. The van der Waals surface area contributed by atoms with E-state index in [1.165, 1.54) is 44.1 Å². The van der Waals surface area contributed by atoms with E-state index in [1.807, 2.05) is 24.3 Å². The van der Waals surface area contributed by atoms with E-state index in [0.717, 1.165) is 66.2 Å². The van der Waals surface area contributed by atoms with Crippen molar-refractivity contribution in [2.75, 3.05) is 30.3 Å². The Bertz CT molecular complexity index is 1020. The Hall–Kier alpha value is -2.40. The fraction of sp³-hybridized carbons (Fsp3) is 0.586. The Balaban J connectivity index is 1.16. The molecule has 5 heteroatoms. The first kappa shape index (κ1) is 23.3. The van der Waals surface area contributed by atoms with Crippen molar-refractivity contribution in [2.45, 2.75) is 65.2 Å². The zero-order valence-corrected chi connectivity index (χ0v) is 20.8. The molecule has 1 heterocycles. The number of carbonyl (C=O) groups excluding carboxylic acids is 1. The minimum Gasteiger partial charge on any atom is -0.370 e. The lowest BCUT2D eigenvalue weighted by molar-refractivity contribution is -0.124. The van der Waals surface area contributed by atoms with E-state index in [0.29, 0.717) is 6.42 Å². The fourth-order valence-corrected chi connectivity index (χ4v) is 7.22. The summed E-state index contributed by atoms with van der Waals surface area (Å²) in [6.07, 6.45) is 11.9. The van der Waals surface area contributed by atoms with Gasteiger partial charge in [-0.3, -0.25) is 4.79 Å². The number of aromatic nitrogens is 1. The highest BCUT2D eigenvalue weighted by Gasteiger charge is 2.51. The zero-order chi connectivity index (χ0) is 23.5. The first-order valence-corrected chi connectivity index (χ1v) is 13.3. The van der Waals surface area contributed by atoms with Gasteiger partial charge in [-0.1, -0.05) is 17.7 Å². The van der Waals surface area contributed by atoms with Gasteiger partial charge in [-0.2, -0.15) is 0 Å². The number of nitrogens with one attached hydrogen (secondary N) is 3. The van der Waals surface area contributed by atoms with Crippen molar-refractivity contribution >= 4 is 28.3 Å². The molecule has 3 N–H and O–H groups in total. The number of hydrogen-bond acceptors (Lipinski definition) is 4. The molecule has 4 saturated carbocycles. The molecule has 34 heavy (non-hydrogen) atoms. The average molecular weight is 461 g/mol. The molecular formula is C29H40N4O. The van der Waals surface area contributed by atoms with Gasteiger partial charge in [0.2, 0.25) is 5.91 Å². The van der Waals surface area contributed by atoms with Crippen molar-refractivity contribution in [1.29, 1.82) is 0 Å². The molecule has 1 aromatic heterocycles. The third-order valence-corrected chi connectivity index (χ3v) is 8.44. The molecule has 0 atom stereocenters. The lowest BCUT2D eigenvalue weighted by atomic mass is 9.49. The second-order valence-electron chi connectivity index (χ2n) is 11.3. The predicted octanol–water partition coefficient (Wildman–Crippen LogP) is 6.14. The van der Waals surface area contributed by atoms with Gasteiger partial charge in [-0.25, -0.2) is 4.98 Å². The molecule has 4 aliphatic rings. The summed E-state index contributed by atoms with van der Waals surface area (Å²) < 4.78 is 0. The SMILES string of the molecule is C/C=C(\C)CNCCCNc1ccc2c(NC(=O)CC34CC5CC(CC(C5)C3)C4)cccc2n1. The fourth-order valence-electron chi connectivity index (χ4n) is 7.22. The second kappa shape index (κ2) is 10.1. The van der Waals surface area contributed by atoms with E-state index in [1.54, 1.807) is 0 Å². The van der Waals surface area contributed by atoms with Crippen molar-refractivity contribution in [3.8, 4) is 0 Å². The van der Waals surface area contributed by atoms with Gasteiger partial charge in [0, 0.05) is 24.9 Å². The Kier molecular flexibility index (Phi) is 6.91. The van der Waals surface area contributed by atoms with E-state index < -0.39 is 0 Å². The Labute approximate surface area is 204 Å². The Morgan fingerprint density at radius 1 is 1.06 bits per heavy atom. The number of anilines is 2. The Morgan fingerprint density at radius 2 is 1.79 bits per heavy atom. The number of fused-ring (bicyclic) bond motifs is 1. The first-order chi connectivity index (χ1) is 16.5. The van der Waals surface area contributed by atoms with Gasteiger partial charge in [0.1, 0.15) is 5.82 Å². The van der Waals surface area contributed by atoms with Crippen LogP contribution in [0.1, 0.15) is 65.2 Å². The molecule has 0 radical (unpaired) electrons. The maximum Gasteiger partial charge on any atom is 0.224 e. The highest BCUT2D eigenvalue weighted by atomic mass is 16.1. The number of allylic oxidation sites excluding steroid dienone is 1. The van der Waals surface area contributed by atoms with E-state index >= 15 is 0 Å². The van der Waals surface area contributed by atoms with Crippen LogP contribution < -0.4 is 16.0 Å². The largest absolute Gasteiger partial charge is 0.370 e. The van der Waals surface area contributed by atoms with Crippen LogP contribution >= 0.6 is 0 Å². The van der Waals surface area contributed by atoms with Crippen molar-refractivity contribution in [1.82, 2.24) is 10.3 Å². The van der Waals surface area contributed by atoms with Crippen molar-refractivity contribution in [3.05, 3.63) is 42.0 Å². The smallest absolute Gasteiger partial charge is 0.224 e. The third-order valence-electron chi connectivity index (χ3n) is 8.44.